The molecule has 1 atom stereocenters. The lowest BCUT2D eigenvalue weighted by molar-refractivity contribution is 0.585. The summed E-state index contributed by atoms with van der Waals surface area (Å²) in [7, 11) is 1.85. The van der Waals surface area contributed by atoms with E-state index in [0.717, 1.165) is 12.2 Å². The summed E-state index contributed by atoms with van der Waals surface area (Å²) in [5.41, 5.74) is 0.939. The van der Waals surface area contributed by atoms with Crippen LogP contribution in [0.15, 0.2) is 6.20 Å². The van der Waals surface area contributed by atoms with Crippen molar-refractivity contribution >= 4 is 11.6 Å². The topological polar surface area (TPSA) is 42.7 Å². The molecule has 0 amide bonds. The molecule has 1 aromatic heterocycles. The number of rotatable bonds is 4. The molecule has 1 unspecified atom stereocenters. The summed E-state index contributed by atoms with van der Waals surface area (Å²) in [5.74, 6) is 0.611. The van der Waals surface area contributed by atoms with E-state index in [2.05, 4.69) is 15.6 Å². The zero-order valence-corrected chi connectivity index (χ0v) is 8.04. The molecule has 0 fully saturated rings. The van der Waals surface area contributed by atoms with Crippen LogP contribution in [0.25, 0.3) is 0 Å². The molecule has 1 N–H and O–H groups in total. The van der Waals surface area contributed by atoms with Gasteiger partial charge in [0.15, 0.2) is 0 Å². The summed E-state index contributed by atoms with van der Waals surface area (Å²) in [6, 6.07) is 0.314. The van der Waals surface area contributed by atoms with E-state index in [9.17, 15) is 0 Å². The largest absolute Gasteiger partial charge is 0.307 e. The Morgan fingerprint density at radius 2 is 2.50 bits per heavy atom. The molecule has 0 aliphatic carbocycles. The number of aromatic nitrogens is 3. The number of hydrogen-bond acceptors (Lipinski definition) is 3. The Bertz CT molecular complexity index is 235. The second-order valence-electron chi connectivity index (χ2n) is 2.82. The van der Waals surface area contributed by atoms with Crippen LogP contribution in [0.2, 0.25) is 0 Å². The van der Waals surface area contributed by atoms with E-state index in [1.54, 1.807) is 4.68 Å². The van der Waals surface area contributed by atoms with Gasteiger partial charge in [0, 0.05) is 31.7 Å². The highest BCUT2D eigenvalue weighted by molar-refractivity contribution is 6.18. The SMILES string of the molecule is CC(CCl)NCc1cn(C)nn1. The molecule has 0 aromatic carbocycles. The van der Waals surface area contributed by atoms with Gasteiger partial charge in [0.1, 0.15) is 0 Å². The van der Waals surface area contributed by atoms with Gasteiger partial charge in [0.05, 0.1) is 5.69 Å². The van der Waals surface area contributed by atoms with Gasteiger partial charge in [-0.05, 0) is 6.92 Å². The molecule has 0 bridgehead atoms. The van der Waals surface area contributed by atoms with Crippen molar-refractivity contribution in [3.05, 3.63) is 11.9 Å². The number of halogens is 1. The first kappa shape index (κ1) is 9.48. The molecule has 0 spiro atoms. The van der Waals surface area contributed by atoms with Gasteiger partial charge in [-0.25, -0.2) is 0 Å². The van der Waals surface area contributed by atoms with Crippen LogP contribution >= 0.6 is 11.6 Å². The average molecular weight is 189 g/mol. The number of nitrogens with zero attached hydrogens (tertiary/aromatic N) is 3. The molecule has 0 radical (unpaired) electrons. The van der Waals surface area contributed by atoms with Crippen molar-refractivity contribution in [2.24, 2.45) is 7.05 Å². The third kappa shape index (κ3) is 2.79. The molecule has 1 rings (SSSR count). The number of hydrogen-bond donors (Lipinski definition) is 1. The Balaban J connectivity index is 2.33. The van der Waals surface area contributed by atoms with Crippen molar-refractivity contribution in [1.29, 1.82) is 0 Å². The van der Waals surface area contributed by atoms with Gasteiger partial charge in [-0.2, -0.15) is 0 Å². The summed E-state index contributed by atoms with van der Waals surface area (Å²) >= 11 is 5.62. The van der Waals surface area contributed by atoms with Gasteiger partial charge in [-0.15, -0.1) is 16.7 Å². The summed E-state index contributed by atoms with van der Waals surface area (Å²) in [6.07, 6.45) is 1.88. The van der Waals surface area contributed by atoms with Gasteiger partial charge < -0.3 is 5.32 Å². The number of alkyl halides is 1. The molecule has 68 valence electrons. The highest BCUT2D eigenvalue weighted by Gasteiger charge is 2.01. The van der Waals surface area contributed by atoms with Crippen molar-refractivity contribution in [3.63, 3.8) is 0 Å². The molecule has 12 heavy (non-hydrogen) atoms. The van der Waals surface area contributed by atoms with Crippen molar-refractivity contribution in [3.8, 4) is 0 Å². The minimum absolute atomic E-state index is 0.314. The Morgan fingerprint density at radius 3 is 3.00 bits per heavy atom. The fraction of sp³-hybridized carbons (Fsp3) is 0.714. The Labute approximate surface area is 76.9 Å². The van der Waals surface area contributed by atoms with E-state index in [0.29, 0.717) is 11.9 Å². The summed E-state index contributed by atoms with van der Waals surface area (Å²) in [5, 5.41) is 11.0. The first-order valence-electron chi connectivity index (χ1n) is 3.87. The van der Waals surface area contributed by atoms with Crippen molar-refractivity contribution in [1.82, 2.24) is 20.3 Å². The molecule has 0 aliphatic heterocycles. The van der Waals surface area contributed by atoms with Gasteiger partial charge in [0.2, 0.25) is 0 Å². The van der Waals surface area contributed by atoms with Gasteiger partial charge in [0.25, 0.3) is 0 Å². The van der Waals surface area contributed by atoms with Gasteiger partial charge >= 0.3 is 0 Å². The molecule has 0 saturated carbocycles. The monoisotopic (exact) mass is 188 g/mol. The zero-order valence-electron chi connectivity index (χ0n) is 7.29. The maximum absolute atomic E-state index is 5.62. The fourth-order valence-corrected chi connectivity index (χ4v) is 0.919. The third-order valence-electron chi connectivity index (χ3n) is 1.51. The van der Waals surface area contributed by atoms with Gasteiger partial charge in [-0.1, -0.05) is 5.21 Å². The predicted molar refractivity (Wildman–Crippen MR) is 48.0 cm³/mol. The average Bonchev–Trinajstić information content (AvgIpc) is 2.47. The Kier molecular flexibility index (Phi) is 3.49. The lowest BCUT2D eigenvalue weighted by Gasteiger charge is -2.07. The van der Waals surface area contributed by atoms with E-state index < -0.39 is 0 Å². The van der Waals surface area contributed by atoms with Crippen molar-refractivity contribution in [2.45, 2.75) is 19.5 Å². The normalized spacial score (nSPS) is 13.2. The molecular formula is C7H13ClN4. The molecule has 0 saturated heterocycles. The smallest absolute Gasteiger partial charge is 0.0964 e. The first-order valence-corrected chi connectivity index (χ1v) is 4.40. The van der Waals surface area contributed by atoms with Crippen LogP contribution in [0, 0.1) is 0 Å². The lowest BCUT2D eigenvalue weighted by Crippen LogP contribution is -2.26. The highest BCUT2D eigenvalue weighted by atomic mass is 35.5. The Morgan fingerprint density at radius 1 is 1.75 bits per heavy atom. The van der Waals surface area contributed by atoms with Crippen molar-refractivity contribution < 1.29 is 0 Å². The van der Waals surface area contributed by atoms with Gasteiger partial charge in [-0.3, -0.25) is 4.68 Å². The predicted octanol–water partition coefficient (Wildman–Crippen LogP) is 0.532. The van der Waals surface area contributed by atoms with Crippen LogP contribution < -0.4 is 5.32 Å². The third-order valence-corrected chi connectivity index (χ3v) is 1.98. The summed E-state index contributed by atoms with van der Waals surface area (Å²) < 4.78 is 1.68. The maximum Gasteiger partial charge on any atom is 0.0964 e. The van der Waals surface area contributed by atoms with E-state index in [4.69, 9.17) is 11.6 Å². The van der Waals surface area contributed by atoms with E-state index in [1.807, 2.05) is 20.2 Å². The quantitative estimate of drug-likeness (QED) is 0.702. The Hall–Kier alpha value is -0.610. The van der Waals surface area contributed by atoms with Crippen LogP contribution in [0.4, 0.5) is 0 Å². The van der Waals surface area contributed by atoms with Crippen LogP contribution in [0.3, 0.4) is 0 Å². The molecule has 1 heterocycles. The van der Waals surface area contributed by atoms with E-state index >= 15 is 0 Å². The molecule has 5 heteroatoms. The zero-order chi connectivity index (χ0) is 8.97. The first-order chi connectivity index (χ1) is 5.72. The summed E-state index contributed by atoms with van der Waals surface area (Å²) in [4.78, 5) is 0. The number of nitrogens with one attached hydrogen (secondary N) is 1. The fourth-order valence-electron chi connectivity index (χ4n) is 0.810. The van der Waals surface area contributed by atoms with Crippen LogP contribution in [-0.4, -0.2) is 26.9 Å². The van der Waals surface area contributed by atoms with Crippen LogP contribution in [0.5, 0.6) is 0 Å². The number of aryl methyl sites for hydroxylation is 1. The second-order valence-corrected chi connectivity index (χ2v) is 3.13. The van der Waals surface area contributed by atoms with E-state index in [1.165, 1.54) is 0 Å². The van der Waals surface area contributed by atoms with E-state index in [-0.39, 0.29) is 0 Å². The van der Waals surface area contributed by atoms with Crippen LogP contribution in [-0.2, 0) is 13.6 Å². The lowest BCUT2D eigenvalue weighted by atomic mass is 10.3. The second kappa shape index (κ2) is 4.42. The van der Waals surface area contributed by atoms with Crippen LogP contribution in [0.1, 0.15) is 12.6 Å². The molecule has 4 nitrogen and oxygen atoms in total. The molecular weight excluding hydrogens is 176 g/mol. The highest BCUT2D eigenvalue weighted by Crippen LogP contribution is 1.92. The summed E-state index contributed by atoms with van der Waals surface area (Å²) in [6.45, 7) is 2.76. The minimum Gasteiger partial charge on any atom is -0.307 e. The molecule has 0 aliphatic rings. The molecule has 1 aromatic rings. The standard InChI is InChI=1S/C7H13ClN4/c1-6(3-8)9-4-7-5-12(2)11-10-7/h5-6,9H,3-4H2,1-2H3. The maximum atomic E-state index is 5.62. The minimum atomic E-state index is 0.314. The van der Waals surface area contributed by atoms with Crippen molar-refractivity contribution in [2.75, 3.05) is 5.88 Å².